The fourth-order valence-corrected chi connectivity index (χ4v) is 2.11. The Morgan fingerprint density at radius 1 is 1.00 bits per heavy atom. The van der Waals surface area contributed by atoms with Gasteiger partial charge in [-0.2, -0.15) is 13.2 Å². The van der Waals surface area contributed by atoms with E-state index in [1.807, 2.05) is 0 Å². The van der Waals surface area contributed by atoms with Crippen LogP contribution in [0.1, 0.15) is 22.3 Å². The summed E-state index contributed by atoms with van der Waals surface area (Å²) in [6.45, 7) is 2.14. The van der Waals surface area contributed by atoms with Crippen LogP contribution in [0, 0.1) is 12.7 Å². The van der Waals surface area contributed by atoms with E-state index in [-0.39, 0.29) is 17.9 Å². The van der Waals surface area contributed by atoms with Crippen molar-refractivity contribution in [1.82, 2.24) is 5.32 Å². The average Bonchev–Trinajstić information content (AvgIpc) is 2.42. The molecule has 0 fully saturated rings. The lowest BCUT2D eigenvalue weighted by Gasteiger charge is -2.13. The van der Waals surface area contributed by atoms with Gasteiger partial charge in [0.15, 0.2) is 0 Å². The van der Waals surface area contributed by atoms with Gasteiger partial charge in [0.05, 0.1) is 5.56 Å². The lowest BCUT2D eigenvalue weighted by molar-refractivity contribution is -0.138. The molecule has 0 unspecified atom stereocenters. The number of benzene rings is 2. The van der Waals surface area contributed by atoms with Crippen LogP contribution in [-0.4, -0.2) is 0 Å². The third kappa shape index (κ3) is 4.04. The summed E-state index contributed by atoms with van der Waals surface area (Å²) in [4.78, 5) is 0. The molecule has 0 saturated heterocycles. The molecule has 0 bridgehead atoms. The molecule has 0 radical (unpaired) electrons. The second-order valence-corrected chi connectivity index (χ2v) is 4.84. The van der Waals surface area contributed by atoms with E-state index in [9.17, 15) is 17.6 Å². The first-order valence-electron chi connectivity index (χ1n) is 6.49. The van der Waals surface area contributed by atoms with E-state index in [1.54, 1.807) is 25.1 Å². The van der Waals surface area contributed by atoms with Gasteiger partial charge >= 0.3 is 6.18 Å². The van der Waals surface area contributed by atoms with Crippen molar-refractivity contribution < 1.29 is 17.6 Å². The second-order valence-electron chi connectivity index (χ2n) is 4.84. The van der Waals surface area contributed by atoms with Gasteiger partial charge in [-0.1, -0.05) is 30.3 Å². The molecule has 1 N–H and O–H groups in total. The fourth-order valence-electron chi connectivity index (χ4n) is 2.11. The Morgan fingerprint density at radius 3 is 2.38 bits per heavy atom. The van der Waals surface area contributed by atoms with Gasteiger partial charge in [0, 0.05) is 13.1 Å². The van der Waals surface area contributed by atoms with Gasteiger partial charge in [-0.15, -0.1) is 0 Å². The van der Waals surface area contributed by atoms with Gasteiger partial charge in [0.25, 0.3) is 0 Å². The summed E-state index contributed by atoms with van der Waals surface area (Å²) in [5.41, 5.74) is 0.917. The van der Waals surface area contributed by atoms with Gasteiger partial charge in [-0.25, -0.2) is 4.39 Å². The zero-order valence-electron chi connectivity index (χ0n) is 11.5. The minimum absolute atomic E-state index is 0.103. The maximum Gasteiger partial charge on any atom is 0.416 e. The van der Waals surface area contributed by atoms with Gasteiger partial charge in [0.2, 0.25) is 0 Å². The molecule has 0 spiro atoms. The van der Waals surface area contributed by atoms with E-state index in [2.05, 4.69) is 5.32 Å². The Balaban J connectivity index is 2.02. The molecule has 0 atom stereocenters. The highest BCUT2D eigenvalue weighted by atomic mass is 19.4. The van der Waals surface area contributed by atoms with Crippen LogP contribution in [-0.2, 0) is 19.3 Å². The summed E-state index contributed by atoms with van der Waals surface area (Å²) in [5, 5.41) is 2.95. The fraction of sp³-hybridized carbons (Fsp3) is 0.250. The predicted molar refractivity (Wildman–Crippen MR) is 73.1 cm³/mol. The monoisotopic (exact) mass is 297 g/mol. The van der Waals surface area contributed by atoms with Crippen molar-refractivity contribution in [3.63, 3.8) is 0 Å². The molecular weight excluding hydrogens is 282 g/mol. The van der Waals surface area contributed by atoms with Crippen molar-refractivity contribution in [2.45, 2.75) is 26.2 Å². The van der Waals surface area contributed by atoms with E-state index < -0.39 is 11.7 Å². The Morgan fingerprint density at radius 2 is 1.71 bits per heavy atom. The van der Waals surface area contributed by atoms with Crippen molar-refractivity contribution in [2.24, 2.45) is 0 Å². The topological polar surface area (TPSA) is 12.0 Å². The van der Waals surface area contributed by atoms with Crippen LogP contribution in [0.3, 0.4) is 0 Å². The van der Waals surface area contributed by atoms with Crippen LogP contribution in [0.2, 0.25) is 0 Å². The van der Waals surface area contributed by atoms with E-state index >= 15 is 0 Å². The quantitative estimate of drug-likeness (QED) is 0.823. The Kier molecular flexibility index (Phi) is 4.63. The molecule has 5 heteroatoms. The number of aryl methyl sites for hydroxylation is 1. The summed E-state index contributed by atoms with van der Waals surface area (Å²) in [6.07, 6.45) is -4.36. The summed E-state index contributed by atoms with van der Waals surface area (Å²) in [6, 6.07) is 10.1. The smallest absolute Gasteiger partial charge is 0.309 e. The van der Waals surface area contributed by atoms with Crippen molar-refractivity contribution >= 4 is 0 Å². The molecule has 0 heterocycles. The minimum Gasteiger partial charge on any atom is -0.309 e. The standard InChI is InChI=1S/C16H15F4N/c1-11-8-12(6-7-15(11)17)9-21-10-13-4-2-3-5-14(13)16(18,19)20/h2-8,21H,9-10H2,1H3. The van der Waals surface area contributed by atoms with Crippen LogP contribution in [0.5, 0.6) is 0 Å². The van der Waals surface area contributed by atoms with E-state index in [0.717, 1.165) is 11.6 Å². The van der Waals surface area contributed by atoms with Crippen LogP contribution >= 0.6 is 0 Å². The Hall–Kier alpha value is -1.88. The first-order valence-corrected chi connectivity index (χ1v) is 6.49. The summed E-state index contributed by atoms with van der Waals surface area (Å²) in [7, 11) is 0. The number of rotatable bonds is 4. The lowest BCUT2D eigenvalue weighted by atomic mass is 10.1. The maximum atomic E-state index is 13.1. The van der Waals surface area contributed by atoms with E-state index in [1.165, 1.54) is 18.2 Å². The van der Waals surface area contributed by atoms with E-state index in [0.29, 0.717) is 12.1 Å². The van der Waals surface area contributed by atoms with Crippen LogP contribution in [0.25, 0.3) is 0 Å². The molecule has 2 rings (SSSR count). The molecule has 21 heavy (non-hydrogen) atoms. The number of hydrogen-bond donors (Lipinski definition) is 1. The summed E-state index contributed by atoms with van der Waals surface area (Å²) >= 11 is 0. The van der Waals surface area contributed by atoms with E-state index in [4.69, 9.17) is 0 Å². The van der Waals surface area contributed by atoms with Gasteiger partial charge in [-0.3, -0.25) is 0 Å². The molecule has 0 aromatic heterocycles. The normalized spacial score (nSPS) is 11.7. The first-order chi connectivity index (χ1) is 9.88. The highest BCUT2D eigenvalue weighted by molar-refractivity contribution is 5.30. The second kappa shape index (κ2) is 6.26. The molecule has 1 nitrogen and oxygen atoms in total. The Labute approximate surface area is 120 Å². The molecule has 112 valence electrons. The van der Waals surface area contributed by atoms with Gasteiger partial charge < -0.3 is 5.32 Å². The molecule has 0 aliphatic heterocycles. The van der Waals surface area contributed by atoms with Crippen molar-refractivity contribution in [2.75, 3.05) is 0 Å². The van der Waals surface area contributed by atoms with Gasteiger partial charge in [0.1, 0.15) is 5.82 Å². The molecular formula is C16H15F4N. The van der Waals surface area contributed by atoms with Crippen molar-refractivity contribution in [3.05, 3.63) is 70.5 Å². The van der Waals surface area contributed by atoms with Gasteiger partial charge in [-0.05, 0) is 35.7 Å². The molecule has 2 aromatic rings. The molecule has 0 saturated carbocycles. The maximum absolute atomic E-state index is 13.1. The highest BCUT2D eigenvalue weighted by Gasteiger charge is 2.32. The minimum atomic E-state index is -4.36. The molecule has 0 aliphatic carbocycles. The zero-order chi connectivity index (χ0) is 15.5. The molecule has 2 aromatic carbocycles. The zero-order valence-corrected chi connectivity index (χ0v) is 11.5. The lowest BCUT2D eigenvalue weighted by Crippen LogP contribution is -2.17. The first kappa shape index (κ1) is 15.5. The summed E-state index contributed by atoms with van der Waals surface area (Å²) < 4.78 is 51.6. The third-order valence-corrected chi connectivity index (χ3v) is 3.19. The third-order valence-electron chi connectivity index (χ3n) is 3.19. The van der Waals surface area contributed by atoms with Crippen LogP contribution < -0.4 is 5.32 Å². The predicted octanol–water partition coefficient (Wildman–Crippen LogP) is 4.44. The molecule has 0 amide bonds. The van der Waals surface area contributed by atoms with Crippen molar-refractivity contribution in [3.8, 4) is 0 Å². The number of alkyl halides is 3. The summed E-state index contributed by atoms with van der Waals surface area (Å²) in [5.74, 6) is -0.291. The Bertz CT molecular complexity index is 620. The number of hydrogen-bond acceptors (Lipinski definition) is 1. The van der Waals surface area contributed by atoms with Crippen LogP contribution in [0.15, 0.2) is 42.5 Å². The van der Waals surface area contributed by atoms with Crippen molar-refractivity contribution in [1.29, 1.82) is 0 Å². The highest BCUT2D eigenvalue weighted by Crippen LogP contribution is 2.31. The number of nitrogens with one attached hydrogen (secondary N) is 1. The average molecular weight is 297 g/mol. The molecule has 0 aliphatic rings. The largest absolute Gasteiger partial charge is 0.416 e. The van der Waals surface area contributed by atoms with Crippen LogP contribution in [0.4, 0.5) is 17.6 Å². The SMILES string of the molecule is Cc1cc(CNCc2ccccc2C(F)(F)F)ccc1F. The number of halogens is 4.